The molecule has 0 spiro atoms. The first-order valence-corrected chi connectivity index (χ1v) is 15.2. The highest BCUT2D eigenvalue weighted by Gasteiger charge is 2.45. The van der Waals surface area contributed by atoms with E-state index >= 15 is 8.78 Å². The van der Waals surface area contributed by atoms with Crippen LogP contribution in [0.5, 0.6) is 0 Å². The Kier molecular flexibility index (Phi) is 10.1. The van der Waals surface area contributed by atoms with Gasteiger partial charge in [0, 0.05) is 0 Å². The molecule has 0 heterocycles. The average molecular weight is 499 g/mol. The first kappa shape index (κ1) is 27.5. The van der Waals surface area contributed by atoms with Crippen molar-refractivity contribution < 1.29 is 17.6 Å². The monoisotopic (exact) mass is 498 g/mol. The molecule has 35 heavy (non-hydrogen) atoms. The topological polar surface area (TPSA) is 0 Å². The van der Waals surface area contributed by atoms with E-state index in [1.54, 1.807) is 0 Å². The lowest BCUT2D eigenvalue weighted by Crippen LogP contribution is -2.42. The van der Waals surface area contributed by atoms with E-state index in [4.69, 9.17) is 0 Å². The van der Waals surface area contributed by atoms with E-state index in [2.05, 4.69) is 13.0 Å². The van der Waals surface area contributed by atoms with Gasteiger partial charge in [0.25, 0.3) is 0 Å². The molecule has 3 saturated carbocycles. The Morgan fingerprint density at radius 2 is 1.23 bits per heavy atom. The molecule has 9 atom stereocenters. The van der Waals surface area contributed by atoms with Crippen molar-refractivity contribution in [3.05, 3.63) is 11.6 Å². The van der Waals surface area contributed by atoms with E-state index in [0.29, 0.717) is 17.8 Å². The fourth-order valence-corrected chi connectivity index (χ4v) is 8.39. The van der Waals surface area contributed by atoms with Gasteiger partial charge < -0.3 is 0 Å². The van der Waals surface area contributed by atoms with Crippen molar-refractivity contribution in [2.75, 3.05) is 0 Å². The van der Waals surface area contributed by atoms with Gasteiger partial charge in [0.2, 0.25) is 0 Å². The number of hydrogen-bond acceptors (Lipinski definition) is 0. The van der Waals surface area contributed by atoms with Gasteiger partial charge in [0.1, 0.15) is 24.7 Å². The molecular weight excluding hydrogens is 448 g/mol. The van der Waals surface area contributed by atoms with Crippen molar-refractivity contribution >= 4 is 0 Å². The fraction of sp³-hybridized carbons (Fsp3) is 0.935. The summed E-state index contributed by atoms with van der Waals surface area (Å²) in [6, 6.07) is 0. The normalized spacial score (nSPS) is 45.2. The Balaban J connectivity index is 1.19. The van der Waals surface area contributed by atoms with Crippen molar-refractivity contribution in [1.29, 1.82) is 0 Å². The number of alkyl halides is 4. The molecule has 0 aromatic heterocycles. The zero-order chi connectivity index (χ0) is 24.9. The Labute approximate surface area is 212 Å². The highest BCUT2D eigenvalue weighted by Crippen LogP contribution is 2.47. The summed E-state index contributed by atoms with van der Waals surface area (Å²) in [5, 5.41) is 0. The molecule has 4 rings (SSSR count). The van der Waals surface area contributed by atoms with Gasteiger partial charge in [-0.25, -0.2) is 17.6 Å². The van der Waals surface area contributed by atoms with E-state index in [-0.39, 0.29) is 23.7 Å². The fourth-order valence-electron chi connectivity index (χ4n) is 8.39. The number of hydrogen-bond donors (Lipinski definition) is 0. The van der Waals surface area contributed by atoms with Gasteiger partial charge >= 0.3 is 0 Å². The molecular formula is C31H50F4. The molecule has 0 saturated heterocycles. The van der Waals surface area contributed by atoms with Crippen LogP contribution in [0.1, 0.15) is 117 Å². The molecule has 3 fully saturated rings. The van der Waals surface area contributed by atoms with Gasteiger partial charge in [0.05, 0.1) is 0 Å². The zero-order valence-electron chi connectivity index (χ0n) is 22.3. The minimum absolute atomic E-state index is 0.0888. The summed E-state index contributed by atoms with van der Waals surface area (Å²) in [6.07, 6.45) is 12.0. The summed E-state index contributed by atoms with van der Waals surface area (Å²) in [5.41, 5.74) is 1.48. The summed E-state index contributed by atoms with van der Waals surface area (Å²) in [6.45, 7) is 4.23. The van der Waals surface area contributed by atoms with Crippen LogP contribution in [0, 0.1) is 41.4 Å². The lowest BCUT2D eigenvalue weighted by Gasteiger charge is -2.42. The van der Waals surface area contributed by atoms with Crippen molar-refractivity contribution in [2.45, 2.75) is 141 Å². The molecule has 8 unspecified atom stereocenters. The molecule has 202 valence electrons. The van der Waals surface area contributed by atoms with Crippen LogP contribution in [0.3, 0.4) is 0 Å². The van der Waals surface area contributed by atoms with E-state index in [1.165, 1.54) is 5.57 Å². The third kappa shape index (κ3) is 6.49. The minimum atomic E-state index is -1.31. The summed E-state index contributed by atoms with van der Waals surface area (Å²) >= 11 is 0. The first-order valence-electron chi connectivity index (χ1n) is 15.2. The van der Waals surface area contributed by atoms with Gasteiger partial charge in [-0.3, -0.25) is 0 Å². The second-order valence-electron chi connectivity index (χ2n) is 12.7. The number of halogens is 4. The van der Waals surface area contributed by atoms with E-state index in [9.17, 15) is 8.78 Å². The Morgan fingerprint density at radius 3 is 1.77 bits per heavy atom. The van der Waals surface area contributed by atoms with Crippen LogP contribution in [-0.2, 0) is 0 Å². The predicted octanol–water partition coefficient (Wildman–Crippen LogP) is 9.91. The van der Waals surface area contributed by atoms with Crippen molar-refractivity contribution in [1.82, 2.24) is 0 Å². The molecule has 0 aliphatic heterocycles. The molecule has 4 aliphatic rings. The van der Waals surface area contributed by atoms with Crippen molar-refractivity contribution in [2.24, 2.45) is 41.4 Å². The summed E-state index contributed by atoms with van der Waals surface area (Å²) < 4.78 is 59.9. The largest absolute Gasteiger partial charge is 0.244 e. The average Bonchev–Trinajstić information content (AvgIpc) is 2.88. The second kappa shape index (κ2) is 12.8. The lowest BCUT2D eigenvalue weighted by molar-refractivity contribution is -0.0173. The highest BCUT2D eigenvalue weighted by molar-refractivity contribution is 5.07. The van der Waals surface area contributed by atoms with Gasteiger partial charge in [-0.15, -0.1) is 0 Å². The summed E-state index contributed by atoms with van der Waals surface area (Å²) in [5.74, 6) is 0.719. The zero-order valence-corrected chi connectivity index (χ0v) is 22.3. The van der Waals surface area contributed by atoms with Crippen molar-refractivity contribution in [3.63, 3.8) is 0 Å². The van der Waals surface area contributed by atoms with Gasteiger partial charge in [-0.1, -0.05) is 51.2 Å². The Hall–Kier alpha value is -0.540. The maximum atomic E-state index is 15.2. The smallest absolute Gasteiger partial charge is 0.134 e. The molecule has 4 aliphatic carbocycles. The van der Waals surface area contributed by atoms with Gasteiger partial charge in [-0.2, -0.15) is 0 Å². The maximum Gasteiger partial charge on any atom is 0.134 e. The number of allylic oxidation sites excluding steroid dienone is 2. The van der Waals surface area contributed by atoms with Gasteiger partial charge in [0.15, 0.2) is 0 Å². The molecule has 0 bridgehead atoms. The molecule has 0 aromatic rings. The van der Waals surface area contributed by atoms with Crippen LogP contribution in [0.4, 0.5) is 17.6 Å². The molecule has 4 heteroatoms. The second-order valence-corrected chi connectivity index (χ2v) is 12.7. The van der Waals surface area contributed by atoms with Crippen LogP contribution < -0.4 is 0 Å². The highest BCUT2D eigenvalue weighted by atomic mass is 19.2. The molecule has 0 aromatic carbocycles. The molecule has 0 amide bonds. The van der Waals surface area contributed by atoms with E-state index in [1.807, 2.05) is 6.92 Å². The minimum Gasteiger partial charge on any atom is -0.244 e. The first-order chi connectivity index (χ1) is 16.9. The third-order valence-electron chi connectivity index (χ3n) is 10.8. The summed E-state index contributed by atoms with van der Waals surface area (Å²) in [4.78, 5) is 0. The van der Waals surface area contributed by atoms with Crippen LogP contribution in [0.25, 0.3) is 0 Å². The van der Waals surface area contributed by atoms with Gasteiger partial charge in [-0.05, 0) is 118 Å². The summed E-state index contributed by atoms with van der Waals surface area (Å²) in [7, 11) is 0. The van der Waals surface area contributed by atoms with E-state index in [0.717, 1.165) is 103 Å². The maximum absolute atomic E-state index is 15.2. The molecule has 0 N–H and O–H groups in total. The lowest BCUT2D eigenvalue weighted by atomic mass is 9.66. The van der Waals surface area contributed by atoms with Crippen molar-refractivity contribution in [3.8, 4) is 0 Å². The van der Waals surface area contributed by atoms with E-state index < -0.39 is 24.7 Å². The van der Waals surface area contributed by atoms with Crippen LogP contribution in [0.15, 0.2) is 11.6 Å². The molecule has 0 radical (unpaired) electrons. The predicted molar refractivity (Wildman–Crippen MR) is 137 cm³/mol. The van der Waals surface area contributed by atoms with Crippen LogP contribution >= 0.6 is 0 Å². The number of rotatable bonds is 8. The van der Waals surface area contributed by atoms with Crippen LogP contribution in [0.2, 0.25) is 0 Å². The Morgan fingerprint density at radius 1 is 0.629 bits per heavy atom. The quantitative estimate of drug-likeness (QED) is 0.231. The standard InChI is InChI=1S/C31H50F4/c1-3-5-24-16-18-26(30(34)28(24)32)23-13-8-21(9-14-23)10-15-25-17-19-27(31(35)29(25)33)22-11-6-20(4-2)7-12-22/h6,21-31H,3-5,7-19H2,1-2H3/t21?,22?,23?,24?,25?,26?,27?,28-,29?,30?,31?/m0/s1. The third-order valence-corrected chi connectivity index (χ3v) is 10.8. The SMILES string of the molecule is CCCC1CCC(C2CCC(CCC3CCC(C4CC=C(CC)CC4)C(F)C3F)CC2)C(F)[C@H]1F. The molecule has 0 nitrogen and oxygen atoms in total. The van der Waals surface area contributed by atoms with Crippen LogP contribution in [-0.4, -0.2) is 24.7 Å². The Bertz CT molecular complexity index is 669.